The van der Waals surface area contributed by atoms with E-state index in [2.05, 4.69) is 10.3 Å². The first-order valence-corrected chi connectivity index (χ1v) is 9.26. The molecule has 3 aromatic rings. The lowest BCUT2D eigenvalue weighted by Crippen LogP contribution is -2.28. The van der Waals surface area contributed by atoms with Crippen LogP contribution in [-0.4, -0.2) is 27.2 Å². The number of benzene rings is 1. The fraction of sp³-hybridized carbons (Fsp3) is 0.286. The van der Waals surface area contributed by atoms with Crippen molar-refractivity contribution in [1.29, 1.82) is 0 Å². The third-order valence-corrected chi connectivity index (χ3v) is 4.88. The first-order valence-electron chi connectivity index (χ1n) is 9.26. The van der Waals surface area contributed by atoms with E-state index in [4.69, 9.17) is 5.10 Å². The zero-order valence-corrected chi connectivity index (χ0v) is 15.0. The number of halogens is 1. The monoisotopic (exact) mass is 364 g/mol. The molecule has 0 unspecified atom stereocenters. The SMILES string of the molecule is O=C(NCCn1nc(-c2ccccn2)c2c1CCCC2)c1ccc(F)cc1. The molecule has 4 rings (SSSR count). The lowest BCUT2D eigenvalue weighted by atomic mass is 9.95. The van der Waals surface area contributed by atoms with Crippen LogP contribution in [0.25, 0.3) is 11.4 Å². The number of hydrogen-bond donors (Lipinski definition) is 1. The van der Waals surface area contributed by atoms with Crippen molar-refractivity contribution < 1.29 is 9.18 Å². The number of hydrogen-bond acceptors (Lipinski definition) is 3. The highest BCUT2D eigenvalue weighted by atomic mass is 19.1. The molecule has 1 aliphatic rings. The van der Waals surface area contributed by atoms with E-state index in [0.29, 0.717) is 18.7 Å². The standard InChI is InChI=1S/C21H21FN4O/c22-16-10-8-15(9-11-16)21(27)24-13-14-26-19-7-2-1-5-17(19)20(25-26)18-6-3-4-12-23-18/h3-4,6,8-12H,1-2,5,7,13-14H2,(H,24,27). The Hall–Kier alpha value is -3.02. The van der Waals surface area contributed by atoms with Crippen molar-refractivity contribution in [2.75, 3.05) is 6.54 Å². The van der Waals surface area contributed by atoms with Crippen molar-refractivity contribution in [3.05, 3.63) is 71.3 Å². The minimum absolute atomic E-state index is 0.207. The second-order valence-electron chi connectivity index (χ2n) is 6.68. The van der Waals surface area contributed by atoms with Gasteiger partial charge in [0.05, 0.1) is 12.2 Å². The van der Waals surface area contributed by atoms with Gasteiger partial charge in [-0.1, -0.05) is 6.07 Å². The van der Waals surface area contributed by atoms with Crippen LogP contribution in [0.15, 0.2) is 48.7 Å². The molecule has 1 N–H and O–H groups in total. The minimum atomic E-state index is -0.350. The van der Waals surface area contributed by atoms with Crippen LogP contribution >= 0.6 is 0 Å². The smallest absolute Gasteiger partial charge is 0.251 e. The van der Waals surface area contributed by atoms with E-state index in [0.717, 1.165) is 30.7 Å². The number of nitrogens with zero attached hydrogens (tertiary/aromatic N) is 3. The van der Waals surface area contributed by atoms with E-state index in [1.807, 2.05) is 22.9 Å². The predicted octanol–water partition coefficient (Wildman–Crippen LogP) is 3.39. The third kappa shape index (κ3) is 3.74. The highest BCUT2D eigenvalue weighted by Gasteiger charge is 2.22. The summed E-state index contributed by atoms with van der Waals surface area (Å²) in [4.78, 5) is 16.6. The van der Waals surface area contributed by atoms with Gasteiger partial charge in [-0.2, -0.15) is 5.10 Å². The topological polar surface area (TPSA) is 59.8 Å². The molecule has 2 heterocycles. The summed E-state index contributed by atoms with van der Waals surface area (Å²) in [6.45, 7) is 1.06. The molecule has 2 aromatic heterocycles. The van der Waals surface area contributed by atoms with Gasteiger partial charge in [-0.25, -0.2) is 4.39 Å². The second-order valence-corrected chi connectivity index (χ2v) is 6.68. The van der Waals surface area contributed by atoms with Gasteiger partial charge in [0.25, 0.3) is 5.91 Å². The van der Waals surface area contributed by atoms with Crippen LogP contribution in [0.2, 0.25) is 0 Å². The molecule has 0 saturated heterocycles. The average molecular weight is 364 g/mol. The first kappa shape index (κ1) is 17.4. The third-order valence-electron chi connectivity index (χ3n) is 4.88. The zero-order chi connectivity index (χ0) is 18.6. The second kappa shape index (κ2) is 7.70. The van der Waals surface area contributed by atoms with E-state index in [9.17, 15) is 9.18 Å². The van der Waals surface area contributed by atoms with Gasteiger partial charge in [0.15, 0.2) is 0 Å². The summed E-state index contributed by atoms with van der Waals surface area (Å²) in [5.74, 6) is -0.558. The van der Waals surface area contributed by atoms with Gasteiger partial charge >= 0.3 is 0 Å². The van der Waals surface area contributed by atoms with Crippen molar-refractivity contribution >= 4 is 5.91 Å². The molecule has 0 radical (unpaired) electrons. The van der Waals surface area contributed by atoms with Gasteiger partial charge < -0.3 is 5.32 Å². The van der Waals surface area contributed by atoms with Crippen molar-refractivity contribution in [2.45, 2.75) is 32.2 Å². The molecule has 6 heteroatoms. The molecule has 138 valence electrons. The van der Waals surface area contributed by atoms with Gasteiger partial charge in [-0.3, -0.25) is 14.5 Å². The molecule has 0 atom stereocenters. The summed E-state index contributed by atoms with van der Waals surface area (Å²) >= 11 is 0. The molecule has 0 spiro atoms. The van der Waals surface area contributed by atoms with E-state index in [-0.39, 0.29) is 11.7 Å². The molecule has 0 aliphatic heterocycles. The quantitative estimate of drug-likeness (QED) is 0.755. The molecule has 1 amide bonds. The van der Waals surface area contributed by atoms with Crippen LogP contribution in [-0.2, 0) is 19.4 Å². The Morgan fingerprint density at radius 2 is 1.93 bits per heavy atom. The molecule has 0 bridgehead atoms. The van der Waals surface area contributed by atoms with Gasteiger partial charge in [-0.05, 0) is 62.1 Å². The summed E-state index contributed by atoms with van der Waals surface area (Å²) in [5, 5.41) is 7.68. The fourth-order valence-electron chi connectivity index (χ4n) is 3.54. The Morgan fingerprint density at radius 3 is 2.70 bits per heavy atom. The van der Waals surface area contributed by atoms with Crippen molar-refractivity contribution in [3.63, 3.8) is 0 Å². The summed E-state index contributed by atoms with van der Waals surface area (Å²) in [5.41, 5.74) is 4.83. The van der Waals surface area contributed by atoms with Crippen LogP contribution in [0.3, 0.4) is 0 Å². The summed E-state index contributed by atoms with van der Waals surface area (Å²) < 4.78 is 15.0. The summed E-state index contributed by atoms with van der Waals surface area (Å²) in [6, 6.07) is 11.4. The van der Waals surface area contributed by atoms with Crippen molar-refractivity contribution in [1.82, 2.24) is 20.1 Å². The molecule has 0 saturated carbocycles. The maximum atomic E-state index is 13.0. The highest BCUT2D eigenvalue weighted by Crippen LogP contribution is 2.30. The van der Waals surface area contributed by atoms with Crippen LogP contribution in [0.4, 0.5) is 4.39 Å². The molecule has 1 aromatic carbocycles. The lowest BCUT2D eigenvalue weighted by molar-refractivity contribution is 0.0951. The summed E-state index contributed by atoms with van der Waals surface area (Å²) in [6.07, 6.45) is 6.12. The molecule has 5 nitrogen and oxygen atoms in total. The number of rotatable bonds is 5. The van der Waals surface area contributed by atoms with E-state index < -0.39 is 0 Å². The minimum Gasteiger partial charge on any atom is -0.350 e. The Labute approximate surface area is 157 Å². The Balaban J connectivity index is 1.48. The Kier molecular flexibility index (Phi) is 4.96. The number of aromatic nitrogens is 3. The number of carbonyl (C=O) groups excluding carboxylic acids is 1. The molecule has 1 aliphatic carbocycles. The van der Waals surface area contributed by atoms with Crippen LogP contribution in [0.1, 0.15) is 34.5 Å². The van der Waals surface area contributed by atoms with Gasteiger partial charge in [0, 0.05) is 29.6 Å². The lowest BCUT2D eigenvalue weighted by Gasteiger charge is -2.14. The average Bonchev–Trinajstić information content (AvgIpc) is 3.08. The maximum Gasteiger partial charge on any atom is 0.251 e. The summed E-state index contributed by atoms with van der Waals surface area (Å²) in [7, 11) is 0. The zero-order valence-electron chi connectivity index (χ0n) is 15.0. The molecular weight excluding hydrogens is 343 g/mol. The molecular formula is C21H21FN4O. The van der Waals surface area contributed by atoms with Crippen LogP contribution in [0.5, 0.6) is 0 Å². The predicted molar refractivity (Wildman–Crippen MR) is 101 cm³/mol. The van der Waals surface area contributed by atoms with E-state index >= 15 is 0 Å². The van der Waals surface area contributed by atoms with Crippen LogP contribution in [0, 0.1) is 5.82 Å². The largest absolute Gasteiger partial charge is 0.350 e. The van der Waals surface area contributed by atoms with Gasteiger partial charge in [-0.15, -0.1) is 0 Å². The normalized spacial score (nSPS) is 13.2. The Morgan fingerprint density at radius 1 is 1.11 bits per heavy atom. The number of amides is 1. The fourth-order valence-corrected chi connectivity index (χ4v) is 3.54. The molecule has 27 heavy (non-hydrogen) atoms. The van der Waals surface area contributed by atoms with Crippen molar-refractivity contribution in [2.24, 2.45) is 0 Å². The number of pyridine rings is 1. The maximum absolute atomic E-state index is 13.0. The van der Waals surface area contributed by atoms with E-state index in [1.165, 1.54) is 41.9 Å². The number of nitrogens with one attached hydrogen (secondary N) is 1. The highest BCUT2D eigenvalue weighted by molar-refractivity contribution is 5.94. The first-order chi connectivity index (χ1) is 13.2. The van der Waals surface area contributed by atoms with Gasteiger partial charge in [0.1, 0.15) is 11.5 Å². The van der Waals surface area contributed by atoms with Gasteiger partial charge in [0.2, 0.25) is 0 Å². The van der Waals surface area contributed by atoms with E-state index in [1.54, 1.807) is 6.20 Å². The van der Waals surface area contributed by atoms with Crippen LogP contribution < -0.4 is 5.32 Å². The number of carbonyl (C=O) groups is 1. The molecule has 0 fully saturated rings. The van der Waals surface area contributed by atoms with Crippen molar-refractivity contribution in [3.8, 4) is 11.4 Å². The number of fused-ring (bicyclic) bond motifs is 1. The Bertz CT molecular complexity index is 935.